The first kappa shape index (κ1) is 15.1. The first-order valence-electron chi connectivity index (χ1n) is 6.54. The molecule has 0 aliphatic carbocycles. The fourth-order valence-corrected chi connectivity index (χ4v) is 2.33. The molecule has 0 aliphatic heterocycles. The SMILES string of the molecule is CCC(C)OC(=O)c1cccc(SC(C)CC)c1. The van der Waals surface area contributed by atoms with Crippen LogP contribution in [0.4, 0.5) is 0 Å². The van der Waals surface area contributed by atoms with E-state index in [1.807, 2.05) is 38.1 Å². The van der Waals surface area contributed by atoms with Crippen LogP contribution in [0, 0.1) is 0 Å². The van der Waals surface area contributed by atoms with Crippen LogP contribution < -0.4 is 0 Å². The Morgan fingerprint density at radius 3 is 2.61 bits per heavy atom. The van der Waals surface area contributed by atoms with Crippen LogP contribution in [-0.4, -0.2) is 17.3 Å². The molecule has 0 aromatic heterocycles. The Labute approximate surface area is 114 Å². The summed E-state index contributed by atoms with van der Waals surface area (Å²) in [6.45, 7) is 8.27. The summed E-state index contributed by atoms with van der Waals surface area (Å²) in [6, 6.07) is 7.68. The van der Waals surface area contributed by atoms with E-state index in [1.54, 1.807) is 11.8 Å². The minimum Gasteiger partial charge on any atom is -0.459 e. The Bertz CT molecular complexity index is 390. The molecule has 0 radical (unpaired) electrons. The zero-order chi connectivity index (χ0) is 13.5. The number of benzene rings is 1. The van der Waals surface area contributed by atoms with E-state index >= 15 is 0 Å². The lowest BCUT2D eigenvalue weighted by Crippen LogP contribution is -2.14. The van der Waals surface area contributed by atoms with Crippen LogP contribution in [0.1, 0.15) is 50.9 Å². The Balaban J connectivity index is 2.72. The van der Waals surface area contributed by atoms with Gasteiger partial charge >= 0.3 is 5.97 Å². The van der Waals surface area contributed by atoms with E-state index in [0.717, 1.165) is 17.7 Å². The van der Waals surface area contributed by atoms with Crippen molar-refractivity contribution in [3.05, 3.63) is 29.8 Å². The van der Waals surface area contributed by atoms with Gasteiger partial charge in [0.15, 0.2) is 0 Å². The van der Waals surface area contributed by atoms with E-state index in [0.29, 0.717) is 10.8 Å². The summed E-state index contributed by atoms with van der Waals surface area (Å²) in [4.78, 5) is 13.0. The molecule has 0 N–H and O–H groups in total. The van der Waals surface area contributed by atoms with E-state index in [9.17, 15) is 4.79 Å². The fourth-order valence-electron chi connectivity index (χ4n) is 1.35. The van der Waals surface area contributed by atoms with Gasteiger partial charge in [-0.05, 0) is 38.0 Å². The van der Waals surface area contributed by atoms with Crippen LogP contribution in [0.2, 0.25) is 0 Å². The number of hydrogen-bond acceptors (Lipinski definition) is 3. The van der Waals surface area contributed by atoms with Crippen molar-refractivity contribution >= 4 is 17.7 Å². The predicted molar refractivity (Wildman–Crippen MR) is 77.2 cm³/mol. The number of ether oxygens (including phenoxy) is 1. The number of esters is 1. The number of hydrogen-bond donors (Lipinski definition) is 0. The van der Waals surface area contributed by atoms with E-state index < -0.39 is 0 Å². The first-order valence-corrected chi connectivity index (χ1v) is 7.42. The Morgan fingerprint density at radius 2 is 2.00 bits per heavy atom. The monoisotopic (exact) mass is 266 g/mol. The summed E-state index contributed by atoms with van der Waals surface area (Å²) in [6.07, 6.45) is 1.93. The van der Waals surface area contributed by atoms with E-state index in [-0.39, 0.29) is 12.1 Å². The molecule has 2 atom stereocenters. The maximum atomic E-state index is 11.9. The first-order chi connectivity index (χ1) is 8.56. The summed E-state index contributed by atoms with van der Waals surface area (Å²) >= 11 is 1.79. The molecule has 0 fully saturated rings. The van der Waals surface area contributed by atoms with Crippen molar-refractivity contribution in [2.45, 2.75) is 56.8 Å². The molecule has 0 spiro atoms. The highest BCUT2D eigenvalue weighted by Gasteiger charge is 2.11. The maximum Gasteiger partial charge on any atom is 0.338 e. The van der Waals surface area contributed by atoms with E-state index in [2.05, 4.69) is 13.8 Å². The van der Waals surface area contributed by atoms with Crippen molar-refractivity contribution in [2.24, 2.45) is 0 Å². The van der Waals surface area contributed by atoms with Crippen molar-refractivity contribution in [2.75, 3.05) is 0 Å². The van der Waals surface area contributed by atoms with Gasteiger partial charge in [-0.15, -0.1) is 11.8 Å². The third-order valence-electron chi connectivity index (χ3n) is 2.87. The Hall–Kier alpha value is -0.960. The molecular formula is C15H22O2S. The van der Waals surface area contributed by atoms with Crippen LogP contribution in [0.5, 0.6) is 0 Å². The van der Waals surface area contributed by atoms with Gasteiger partial charge in [0, 0.05) is 10.1 Å². The van der Waals surface area contributed by atoms with Gasteiger partial charge in [0.2, 0.25) is 0 Å². The quantitative estimate of drug-likeness (QED) is 0.559. The van der Waals surface area contributed by atoms with Crippen LogP contribution in [0.15, 0.2) is 29.2 Å². The summed E-state index contributed by atoms with van der Waals surface area (Å²) in [5.41, 5.74) is 0.642. The lowest BCUT2D eigenvalue weighted by Gasteiger charge is -2.12. The normalized spacial score (nSPS) is 14.0. The zero-order valence-electron chi connectivity index (χ0n) is 11.6. The predicted octanol–water partition coefficient (Wildman–Crippen LogP) is 4.53. The molecule has 3 heteroatoms. The molecule has 0 amide bonds. The highest BCUT2D eigenvalue weighted by Crippen LogP contribution is 2.25. The highest BCUT2D eigenvalue weighted by atomic mass is 32.2. The average Bonchev–Trinajstić information content (AvgIpc) is 2.38. The molecule has 0 saturated heterocycles. The summed E-state index contributed by atoms with van der Waals surface area (Å²) in [7, 11) is 0. The standard InChI is InChI=1S/C15H22O2S/c1-5-11(3)17-15(16)13-8-7-9-14(10-13)18-12(4)6-2/h7-12H,5-6H2,1-4H3. The topological polar surface area (TPSA) is 26.3 Å². The minimum atomic E-state index is -0.226. The molecule has 0 aliphatic rings. The van der Waals surface area contributed by atoms with Gasteiger partial charge in [0.1, 0.15) is 0 Å². The highest BCUT2D eigenvalue weighted by molar-refractivity contribution is 7.99. The smallest absolute Gasteiger partial charge is 0.338 e. The van der Waals surface area contributed by atoms with E-state index in [4.69, 9.17) is 4.74 Å². The zero-order valence-corrected chi connectivity index (χ0v) is 12.4. The molecule has 1 aromatic rings. The molecule has 2 unspecified atom stereocenters. The molecule has 0 bridgehead atoms. The van der Waals surface area contributed by atoms with Gasteiger partial charge in [-0.3, -0.25) is 0 Å². The summed E-state index contributed by atoms with van der Waals surface area (Å²) in [5.74, 6) is -0.226. The second-order valence-corrected chi connectivity index (χ2v) is 6.00. The average molecular weight is 266 g/mol. The molecule has 1 rings (SSSR count). The van der Waals surface area contributed by atoms with Crippen molar-refractivity contribution in [1.29, 1.82) is 0 Å². The number of carbonyl (C=O) groups excluding carboxylic acids is 1. The molecule has 18 heavy (non-hydrogen) atoms. The van der Waals surface area contributed by atoms with Gasteiger partial charge in [0.25, 0.3) is 0 Å². The Morgan fingerprint density at radius 1 is 1.28 bits per heavy atom. The van der Waals surface area contributed by atoms with Crippen LogP contribution in [-0.2, 0) is 4.74 Å². The van der Waals surface area contributed by atoms with Crippen molar-refractivity contribution in [3.63, 3.8) is 0 Å². The molecule has 1 aromatic carbocycles. The molecule has 0 heterocycles. The molecule has 0 saturated carbocycles. The third-order valence-corrected chi connectivity index (χ3v) is 4.13. The number of carbonyl (C=O) groups is 1. The maximum absolute atomic E-state index is 11.9. The summed E-state index contributed by atoms with van der Waals surface area (Å²) < 4.78 is 5.32. The van der Waals surface area contributed by atoms with Gasteiger partial charge in [-0.25, -0.2) is 4.79 Å². The minimum absolute atomic E-state index is 0.0247. The van der Waals surface area contributed by atoms with E-state index in [1.165, 1.54) is 0 Å². The van der Waals surface area contributed by atoms with Crippen LogP contribution in [0.3, 0.4) is 0 Å². The van der Waals surface area contributed by atoms with Gasteiger partial charge in [-0.2, -0.15) is 0 Å². The summed E-state index contributed by atoms with van der Waals surface area (Å²) in [5, 5.41) is 0.561. The lowest BCUT2D eigenvalue weighted by atomic mass is 10.2. The molecular weight excluding hydrogens is 244 g/mol. The second-order valence-electron chi connectivity index (χ2n) is 4.49. The van der Waals surface area contributed by atoms with Gasteiger partial charge < -0.3 is 4.74 Å². The number of rotatable bonds is 6. The van der Waals surface area contributed by atoms with Crippen molar-refractivity contribution in [3.8, 4) is 0 Å². The second kappa shape index (κ2) is 7.47. The molecule has 100 valence electrons. The largest absolute Gasteiger partial charge is 0.459 e. The third kappa shape index (κ3) is 4.73. The van der Waals surface area contributed by atoms with Gasteiger partial charge in [0.05, 0.1) is 11.7 Å². The lowest BCUT2D eigenvalue weighted by molar-refractivity contribution is 0.0334. The van der Waals surface area contributed by atoms with Crippen molar-refractivity contribution in [1.82, 2.24) is 0 Å². The number of thioether (sulfide) groups is 1. The Kier molecular flexibility index (Phi) is 6.27. The van der Waals surface area contributed by atoms with Crippen molar-refractivity contribution < 1.29 is 9.53 Å². The van der Waals surface area contributed by atoms with Gasteiger partial charge in [-0.1, -0.05) is 26.8 Å². The van der Waals surface area contributed by atoms with Crippen LogP contribution >= 0.6 is 11.8 Å². The van der Waals surface area contributed by atoms with Crippen LogP contribution in [0.25, 0.3) is 0 Å². The fraction of sp³-hybridized carbons (Fsp3) is 0.533. The molecule has 2 nitrogen and oxygen atoms in total.